The molecule has 0 atom stereocenters. The number of carbonyl (C=O) groups is 1. The van der Waals surface area contributed by atoms with Gasteiger partial charge in [-0.3, -0.25) is 4.79 Å². The number of sulfonamides is 1. The summed E-state index contributed by atoms with van der Waals surface area (Å²) in [5.41, 5.74) is 1.92. The average molecular weight is 498 g/mol. The highest BCUT2D eigenvalue weighted by atomic mass is 32.2. The lowest BCUT2D eigenvalue weighted by molar-refractivity contribution is -0.118. The number of nitrogens with zero attached hydrogens (tertiary/aromatic N) is 2. The van der Waals surface area contributed by atoms with Gasteiger partial charge in [-0.1, -0.05) is 24.3 Å². The molecule has 0 radical (unpaired) electrons. The van der Waals surface area contributed by atoms with Gasteiger partial charge in [0.25, 0.3) is 5.91 Å². The summed E-state index contributed by atoms with van der Waals surface area (Å²) in [6.07, 6.45) is 0. The van der Waals surface area contributed by atoms with Crippen LogP contribution in [0.5, 0.6) is 11.5 Å². The Labute approximate surface area is 201 Å². The summed E-state index contributed by atoms with van der Waals surface area (Å²) in [7, 11) is 0.645. The summed E-state index contributed by atoms with van der Waals surface area (Å²) in [5, 5.41) is 3.47. The first-order chi connectivity index (χ1) is 16.3. The molecule has 34 heavy (non-hydrogen) atoms. The molecule has 10 heteroatoms. The van der Waals surface area contributed by atoms with Crippen molar-refractivity contribution < 1.29 is 22.7 Å². The van der Waals surface area contributed by atoms with E-state index in [0.29, 0.717) is 11.5 Å². The maximum absolute atomic E-state index is 12.7. The van der Waals surface area contributed by atoms with Crippen LogP contribution in [0.3, 0.4) is 0 Å². The third-order valence-electron chi connectivity index (χ3n) is 4.99. The van der Waals surface area contributed by atoms with Crippen LogP contribution in [0.15, 0.2) is 71.6 Å². The van der Waals surface area contributed by atoms with E-state index in [9.17, 15) is 13.2 Å². The summed E-state index contributed by atoms with van der Waals surface area (Å²) in [4.78, 5) is 17.4. The predicted octanol–water partition coefficient (Wildman–Crippen LogP) is 4.24. The SMILES string of the molecule is COc1ccc(S(=O)(=O)N(C)C)cc1NC(=O)COc1ccccc1-c1nc2ccccc2s1. The summed E-state index contributed by atoms with van der Waals surface area (Å²) >= 11 is 1.54. The van der Waals surface area contributed by atoms with Crippen LogP contribution in [-0.2, 0) is 14.8 Å². The largest absolute Gasteiger partial charge is 0.495 e. The second-order valence-electron chi connectivity index (χ2n) is 7.47. The number of nitrogens with one attached hydrogen (secondary N) is 1. The third-order valence-corrected chi connectivity index (χ3v) is 7.87. The van der Waals surface area contributed by atoms with Crippen LogP contribution in [0.25, 0.3) is 20.8 Å². The Kier molecular flexibility index (Phi) is 6.82. The van der Waals surface area contributed by atoms with Crippen LogP contribution in [0.2, 0.25) is 0 Å². The highest BCUT2D eigenvalue weighted by Crippen LogP contribution is 2.35. The van der Waals surface area contributed by atoms with E-state index < -0.39 is 15.9 Å². The van der Waals surface area contributed by atoms with Crippen molar-refractivity contribution in [1.29, 1.82) is 0 Å². The van der Waals surface area contributed by atoms with E-state index in [0.717, 1.165) is 25.1 Å². The molecule has 0 spiro atoms. The lowest BCUT2D eigenvalue weighted by Crippen LogP contribution is -2.23. The van der Waals surface area contributed by atoms with Crippen LogP contribution >= 0.6 is 11.3 Å². The van der Waals surface area contributed by atoms with E-state index >= 15 is 0 Å². The quantitative estimate of drug-likeness (QED) is 0.391. The topological polar surface area (TPSA) is 97.8 Å². The molecule has 3 aromatic carbocycles. The smallest absolute Gasteiger partial charge is 0.262 e. The van der Waals surface area contributed by atoms with Crippen molar-refractivity contribution >= 4 is 43.2 Å². The molecule has 0 saturated carbocycles. The maximum Gasteiger partial charge on any atom is 0.262 e. The molecule has 0 aliphatic rings. The Morgan fingerprint density at radius 1 is 1.03 bits per heavy atom. The molecule has 4 aromatic rings. The molecule has 0 bridgehead atoms. The van der Waals surface area contributed by atoms with Gasteiger partial charge in [0, 0.05) is 14.1 Å². The van der Waals surface area contributed by atoms with Gasteiger partial charge in [-0.25, -0.2) is 17.7 Å². The fourth-order valence-electron chi connectivity index (χ4n) is 3.24. The van der Waals surface area contributed by atoms with Crippen molar-refractivity contribution in [2.45, 2.75) is 4.90 Å². The molecule has 0 aliphatic heterocycles. The molecule has 0 saturated heterocycles. The fourth-order valence-corrected chi connectivity index (χ4v) is 5.17. The molecule has 1 N–H and O–H groups in total. The van der Waals surface area contributed by atoms with Gasteiger partial charge < -0.3 is 14.8 Å². The van der Waals surface area contributed by atoms with Crippen molar-refractivity contribution in [1.82, 2.24) is 9.29 Å². The Bertz CT molecular complexity index is 1420. The standard InChI is InChI=1S/C24H23N3O5S2/c1-27(2)34(29,30)16-12-13-21(31-3)19(14-16)25-23(28)15-32-20-10-6-4-8-17(20)24-26-18-9-5-7-11-22(18)33-24/h4-14H,15H2,1-3H3,(H,25,28). The van der Waals surface area contributed by atoms with E-state index in [4.69, 9.17) is 9.47 Å². The minimum Gasteiger partial charge on any atom is -0.495 e. The van der Waals surface area contributed by atoms with Crippen LogP contribution < -0.4 is 14.8 Å². The van der Waals surface area contributed by atoms with Crippen molar-refractivity contribution in [3.63, 3.8) is 0 Å². The fraction of sp³-hybridized carbons (Fsp3) is 0.167. The number of fused-ring (bicyclic) bond motifs is 1. The Morgan fingerprint density at radius 3 is 2.50 bits per heavy atom. The average Bonchev–Trinajstić information content (AvgIpc) is 3.27. The molecule has 1 amide bonds. The van der Waals surface area contributed by atoms with Crippen molar-refractivity contribution in [2.24, 2.45) is 0 Å². The van der Waals surface area contributed by atoms with Gasteiger partial charge in [-0.05, 0) is 42.5 Å². The molecule has 176 valence electrons. The summed E-state index contributed by atoms with van der Waals surface area (Å²) < 4.78 is 38.2. The lowest BCUT2D eigenvalue weighted by atomic mass is 10.2. The van der Waals surface area contributed by atoms with E-state index in [2.05, 4.69) is 10.3 Å². The molecular weight excluding hydrogens is 474 g/mol. The summed E-state index contributed by atoms with van der Waals surface area (Å²) in [6, 6.07) is 19.5. The highest BCUT2D eigenvalue weighted by molar-refractivity contribution is 7.89. The Morgan fingerprint density at radius 2 is 1.76 bits per heavy atom. The second kappa shape index (κ2) is 9.80. The van der Waals surface area contributed by atoms with Crippen LogP contribution in [0.4, 0.5) is 5.69 Å². The van der Waals surface area contributed by atoms with Crippen LogP contribution in [0.1, 0.15) is 0 Å². The number of rotatable bonds is 8. The number of thiazole rings is 1. The van der Waals surface area contributed by atoms with Gasteiger partial charge in [0.2, 0.25) is 10.0 Å². The predicted molar refractivity (Wildman–Crippen MR) is 133 cm³/mol. The van der Waals surface area contributed by atoms with Gasteiger partial charge >= 0.3 is 0 Å². The summed E-state index contributed by atoms with van der Waals surface area (Å²) in [6.45, 7) is -0.282. The first kappa shape index (κ1) is 23.7. The number of ether oxygens (including phenoxy) is 2. The molecule has 1 heterocycles. The molecule has 4 rings (SSSR count). The number of carbonyl (C=O) groups excluding carboxylic acids is 1. The lowest BCUT2D eigenvalue weighted by Gasteiger charge is -2.15. The second-order valence-corrected chi connectivity index (χ2v) is 10.7. The molecule has 0 aliphatic carbocycles. The zero-order valence-electron chi connectivity index (χ0n) is 18.8. The molecular formula is C24H23N3O5S2. The summed E-state index contributed by atoms with van der Waals surface area (Å²) in [5.74, 6) is 0.394. The number of anilines is 1. The number of hydrogen-bond acceptors (Lipinski definition) is 7. The minimum absolute atomic E-state index is 0.0377. The number of para-hydroxylation sites is 2. The van der Waals surface area contributed by atoms with Crippen LogP contribution in [-0.4, -0.2) is 51.4 Å². The van der Waals surface area contributed by atoms with Crippen molar-refractivity contribution in [2.75, 3.05) is 33.1 Å². The molecule has 8 nitrogen and oxygen atoms in total. The van der Waals surface area contributed by atoms with E-state index in [1.54, 1.807) is 17.4 Å². The first-order valence-corrected chi connectivity index (χ1v) is 12.5. The molecule has 0 unspecified atom stereocenters. The highest BCUT2D eigenvalue weighted by Gasteiger charge is 2.20. The first-order valence-electron chi connectivity index (χ1n) is 10.3. The third kappa shape index (κ3) is 4.89. The van der Waals surface area contributed by atoms with Crippen LogP contribution in [0, 0.1) is 0 Å². The number of methoxy groups -OCH3 is 1. The number of amides is 1. The van der Waals surface area contributed by atoms with Crippen molar-refractivity contribution in [3.8, 4) is 22.1 Å². The Balaban J connectivity index is 1.52. The molecule has 0 fully saturated rings. The van der Waals surface area contributed by atoms with E-state index in [1.165, 1.54) is 39.4 Å². The molecule has 1 aromatic heterocycles. The maximum atomic E-state index is 12.7. The van der Waals surface area contributed by atoms with Gasteiger partial charge in [0.1, 0.15) is 16.5 Å². The van der Waals surface area contributed by atoms with Gasteiger partial charge in [-0.2, -0.15) is 0 Å². The zero-order valence-corrected chi connectivity index (χ0v) is 20.4. The van der Waals surface area contributed by atoms with Crippen molar-refractivity contribution in [3.05, 3.63) is 66.7 Å². The zero-order chi connectivity index (χ0) is 24.3. The van der Waals surface area contributed by atoms with E-state index in [1.807, 2.05) is 42.5 Å². The number of aromatic nitrogens is 1. The minimum atomic E-state index is -3.67. The number of benzene rings is 3. The van der Waals surface area contributed by atoms with Gasteiger partial charge in [-0.15, -0.1) is 11.3 Å². The monoisotopic (exact) mass is 497 g/mol. The number of hydrogen-bond donors (Lipinski definition) is 1. The van der Waals surface area contributed by atoms with Gasteiger partial charge in [0.15, 0.2) is 6.61 Å². The normalized spacial score (nSPS) is 11.5. The van der Waals surface area contributed by atoms with E-state index in [-0.39, 0.29) is 17.2 Å². The Hall–Kier alpha value is -3.47. The van der Waals surface area contributed by atoms with Gasteiger partial charge in [0.05, 0.1) is 33.5 Å².